The van der Waals surface area contributed by atoms with Crippen molar-refractivity contribution >= 4 is 11.9 Å². The van der Waals surface area contributed by atoms with Crippen molar-refractivity contribution in [3.05, 3.63) is 35.4 Å². The van der Waals surface area contributed by atoms with Crippen LogP contribution in [-0.4, -0.2) is 65.0 Å². The van der Waals surface area contributed by atoms with Gasteiger partial charge in [0.1, 0.15) is 5.54 Å². The summed E-state index contributed by atoms with van der Waals surface area (Å²) < 4.78 is 0. The number of nitrogens with zero attached hydrogens (tertiary/aromatic N) is 3. The molecule has 1 saturated carbocycles. The van der Waals surface area contributed by atoms with Gasteiger partial charge in [-0.2, -0.15) is 0 Å². The van der Waals surface area contributed by atoms with E-state index in [9.17, 15) is 9.59 Å². The van der Waals surface area contributed by atoms with Crippen molar-refractivity contribution in [2.24, 2.45) is 11.3 Å². The summed E-state index contributed by atoms with van der Waals surface area (Å²) in [6.07, 6.45) is 2.58. The fraction of sp³-hybridized carbons (Fsp3) is 0.667. The van der Waals surface area contributed by atoms with E-state index in [4.69, 9.17) is 0 Å². The van der Waals surface area contributed by atoms with Crippen LogP contribution < -0.4 is 5.32 Å². The highest BCUT2D eigenvalue weighted by Gasteiger charge is 2.56. The molecule has 0 bridgehead atoms. The Hall–Kier alpha value is -1.92. The molecule has 0 radical (unpaired) electrons. The Balaban J connectivity index is 1.34. The van der Waals surface area contributed by atoms with Gasteiger partial charge in [-0.05, 0) is 43.1 Å². The number of benzene rings is 1. The van der Waals surface area contributed by atoms with Crippen LogP contribution in [0.4, 0.5) is 4.79 Å². The van der Waals surface area contributed by atoms with Gasteiger partial charge in [-0.25, -0.2) is 9.69 Å². The molecule has 4 rings (SSSR count). The zero-order valence-electron chi connectivity index (χ0n) is 18.9. The molecule has 1 N–H and O–H groups in total. The van der Waals surface area contributed by atoms with Crippen molar-refractivity contribution < 1.29 is 9.59 Å². The van der Waals surface area contributed by atoms with E-state index in [0.717, 1.165) is 52.0 Å². The molecule has 2 saturated heterocycles. The minimum atomic E-state index is -0.703. The summed E-state index contributed by atoms with van der Waals surface area (Å²) in [7, 11) is 0. The van der Waals surface area contributed by atoms with E-state index in [-0.39, 0.29) is 17.4 Å². The SMILES string of the molecule is Cc1cccc(CN2CCN(CN3C(=O)NC4(CC(C)CC(C)(C)C4)C3=O)CC2)c1. The molecule has 2 aliphatic heterocycles. The molecule has 3 aliphatic rings. The average molecular weight is 413 g/mol. The van der Waals surface area contributed by atoms with Crippen molar-refractivity contribution in [1.82, 2.24) is 20.0 Å². The van der Waals surface area contributed by atoms with E-state index < -0.39 is 5.54 Å². The summed E-state index contributed by atoms with van der Waals surface area (Å²) in [6, 6.07) is 8.44. The third-order valence-corrected chi connectivity index (χ3v) is 6.92. The number of carbonyl (C=O) groups is 2. The van der Waals surface area contributed by atoms with E-state index in [1.807, 2.05) is 0 Å². The molecular weight excluding hydrogens is 376 g/mol. The molecule has 3 fully saturated rings. The Bertz CT molecular complexity index is 815. The Labute approximate surface area is 180 Å². The predicted octanol–water partition coefficient (Wildman–Crippen LogP) is 3.21. The molecule has 30 heavy (non-hydrogen) atoms. The fourth-order valence-electron chi connectivity index (χ4n) is 5.99. The van der Waals surface area contributed by atoms with Gasteiger partial charge in [0.25, 0.3) is 5.91 Å². The summed E-state index contributed by atoms with van der Waals surface area (Å²) in [5.74, 6) is 0.414. The number of carbonyl (C=O) groups excluding carboxylic acids is 2. The maximum atomic E-state index is 13.3. The standard InChI is InChI=1S/C24H36N4O2/c1-18-6-5-7-20(12-18)15-26-8-10-27(11-9-26)17-28-21(29)24(25-22(28)30)14-19(2)13-23(3,4)16-24/h5-7,12,19H,8-11,13-17H2,1-4H3,(H,25,30). The van der Waals surface area contributed by atoms with Gasteiger partial charge in [-0.1, -0.05) is 50.6 Å². The monoisotopic (exact) mass is 412 g/mol. The van der Waals surface area contributed by atoms with Gasteiger partial charge in [0, 0.05) is 32.7 Å². The molecule has 3 amide bonds. The largest absolute Gasteiger partial charge is 0.326 e. The second-order valence-corrected chi connectivity index (χ2v) is 10.6. The Kier molecular flexibility index (Phi) is 5.66. The van der Waals surface area contributed by atoms with Crippen LogP contribution in [0.1, 0.15) is 51.2 Å². The number of nitrogens with one attached hydrogen (secondary N) is 1. The van der Waals surface area contributed by atoms with Crippen LogP contribution in [0.3, 0.4) is 0 Å². The number of hydrogen-bond donors (Lipinski definition) is 1. The zero-order chi connectivity index (χ0) is 21.5. The van der Waals surface area contributed by atoms with Crippen molar-refractivity contribution in [2.75, 3.05) is 32.8 Å². The lowest BCUT2D eigenvalue weighted by atomic mass is 9.64. The molecule has 2 atom stereocenters. The van der Waals surface area contributed by atoms with Gasteiger partial charge in [-0.15, -0.1) is 0 Å². The number of rotatable bonds is 4. The van der Waals surface area contributed by atoms with Crippen LogP contribution in [-0.2, 0) is 11.3 Å². The van der Waals surface area contributed by atoms with E-state index >= 15 is 0 Å². The molecule has 0 aromatic heterocycles. The highest BCUT2D eigenvalue weighted by molar-refractivity contribution is 6.07. The lowest BCUT2D eigenvalue weighted by Gasteiger charge is -2.44. The number of urea groups is 1. The lowest BCUT2D eigenvalue weighted by molar-refractivity contribution is -0.136. The summed E-state index contributed by atoms with van der Waals surface area (Å²) in [4.78, 5) is 32.2. The smallest absolute Gasteiger partial charge is 0.323 e. The maximum absolute atomic E-state index is 13.3. The number of imide groups is 1. The Morgan fingerprint density at radius 2 is 1.77 bits per heavy atom. The second-order valence-electron chi connectivity index (χ2n) is 10.6. The van der Waals surface area contributed by atoms with Crippen LogP contribution in [0.5, 0.6) is 0 Å². The highest BCUT2D eigenvalue weighted by Crippen LogP contribution is 2.46. The molecule has 1 aromatic carbocycles. The molecule has 164 valence electrons. The molecule has 1 aliphatic carbocycles. The quantitative estimate of drug-likeness (QED) is 0.772. The molecule has 1 aromatic rings. The van der Waals surface area contributed by atoms with Gasteiger partial charge in [-0.3, -0.25) is 14.6 Å². The normalized spacial score (nSPS) is 30.1. The topological polar surface area (TPSA) is 55.9 Å². The van der Waals surface area contributed by atoms with Crippen LogP contribution in [0.15, 0.2) is 24.3 Å². The number of hydrogen-bond acceptors (Lipinski definition) is 4. The minimum absolute atomic E-state index is 0.0192. The van der Waals surface area contributed by atoms with Gasteiger partial charge >= 0.3 is 6.03 Å². The van der Waals surface area contributed by atoms with E-state index in [2.05, 4.69) is 67.1 Å². The van der Waals surface area contributed by atoms with Crippen molar-refractivity contribution in [1.29, 1.82) is 0 Å². The van der Waals surface area contributed by atoms with Gasteiger partial charge in [0.15, 0.2) is 0 Å². The Morgan fingerprint density at radius 1 is 1.07 bits per heavy atom. The molecule has 1 spiro atoms. The predicted molar refractivity (Wildman–Crippen MR) is 118 cm³/mol. The van der Waals surface area contributed by atoms with Crippen LogP contribution in [0.25, 0.3) is 0 Å². The number of amides is 3. The maximum Gasteiger partial charge on any atom is 0.326 e. The summed E-state index contributed by atoms with van der Waals surface area (Å²) >= 11 is 0. The summed E-state index contributed by atoms with van der Waals surface area (Å²) in [6.45, 7) is 13.7. The first-order valence-corrected chi connectivity index (χ1v) is 11.3. The van der Waals surface area contributed by atoms with Crippen molar-refractivity contribution in [2.45, 2.75) is 59.0 Å². The van der Waals surface area contributed by atoms with E-state index in [1.165, 1.54) is 16.0 Å². The third-order valence-electron chi connectivity index (χ3n) is 6.92. The molecular formula is C24H36N4O2. The van der Waals surface area contributed by atoms with E-state index in [0.29, 0.717) is 12.6 Å². The number of aryl methyl sites for hydroxylation is 1. The van der Waals surface area contributed by atoms with Gasteiger partial charge in [0.05, 0.1) is 6.67 Å². The summed E-state index contributed by atoms with van der Waals surface area (Å²) in [5, 5.41) is 3.09. The van der Waals surface area contributed by atoms with Crippen LogP contribution in [0, 0.1) is 18.3 Å². The van der Waals surface area contributed by atoms with Gasteiger partial charge < -0.3 is 5.32 Å². The van der Waals surface area contributed by atoms with Crippen molar-refractivity contribution in [3.8, 4) is 0 Å². The van der Waals surface area contributed by atoms with Crippen LogP contribution >= 0.6 is 0 Å². The van der Waals surface area contributed by atoms with Crippen LogP contribution in [0.2, 0.25) is 0 Å². The minimum Gasteiger partial charge on any atom is -0.323 e. The molecule has 6 heteroatoms. The van der Waals surface area contributed by atoms with Gasteiger partial charge in [0.2, 0.25) is 0 Å². The highest BCUT2D eigenvalue weighted by atomic mass is 16.2. The third kappa shape index (κ3) is 4.40. The zero-order valence-corrected chi connectivity index (χ0v) is 18.9. The average Bonchev–Trinajstić information content (AvgIpc) is 2.85. The Morgan fingerprint density at radius 3 is 2.43 bits per heavy atom. The van der Waals surface area contributed by atoms with E-state index in [1.54, 1.807) is 0 Å². The number of piperazine rings is 1. The first-order valence-electron chi connectivity index (χ1n) is 11.3. The lowest BCUT2D eigenvalue weighted by Crippen LogP contribution is -2.55. The molecule has 2 heterocycles. The fourth-order valence-corrected chi connectivity index (χ4v) is 5.99. The first kappa shape index (κ1) is 21.3. The molecule has 6 nitrogen and oxygen atoms in total. The summed E-state index contributed by atoms with van der Waals surface area (Å²) in [5.41, 5.74) is 2.00. The first-order chi connectivity index (χ1) is 14.2. The molecule has 2 unspecified atom stereocenters. The van der Waals surface area contributed by atoms with Crippen molar-refractivity contribution in [3.63, 3.8) is 0 Å². The second kappa shape index (κ2) is 7.97.